The maximum atomic E-state index is 13.8. The van der Waals surface area contributed by atoms with Gasteiger partial charge in [0, 0.05) is 29.9 Å². The van der Waals surface area contributed by atoms with Gasteiger partial charge in [-0.05, 0) is 36.2 Å². The summed E-state index contributed by atoms with van der Waals surface area (Å²) in [5.41, 5.74) is 1.47. The lowest BCUT2D eigenvalue weighted by Crippen LogP contribution is -2.18. The largest absolute Gasteiger partial charge is 0.421 e. The van der Waals surface area contributed by atoms with E-state index in [1.165, 1.54) is 23.0 Å². The van der Waals surface area contributed by atoms with Crippen LogP contribution in [0.2, 0.25) is 5.02 Å². The minimum atomic E-state index is -4.69. The lowest BCUT2D eigenvalue weighted by atomic mass is 10.0. The summed E-state index contributed by atoms with van der Waals surface area (Å²) in [6.07, 6.45) is -0.231. The van der Waals surface area contributed by atoms with Gasteiger partial charge in [-0.3, -0.25) is 0 Å². The van der Waals surface area contributed by atoms with Crippen LogP contribution in [0.4, 0.5) is 29.2 Å². The summed E-state index contributed by atoms with van der Waals surface area (Å²) in [6.45, 7) is 6.10. The number of rotatable bonds is 8. The maximum absolute atomic E-state index is 13.8. The standard InChI is InChI=1S/C26H22ClF4N5/c1-3-22(17-7-5-4-6-8-17)33-16(2)18-11-12-36(15-18)24-20(26(29,30)31)14-32-25(35-24)34-23-10-9-19(28)13-21(23)27/h4-15,22,33H,2-3H2,1H3,(H,32,34,35). The van der Waals surface area contributed by atoms with E-state index in [2.05, 4.69) is 27.2 Å². The predicted molar refractivity (Wildman–Crippen MR) is 133 cm³/mol. The number of alkyl halides is 3. The third-order valence-corrected chi connectivity index (χ3v) is 5.81. The summed E-state index contributed by atoms with van der Waals surface area (Å²) < 4.78 is 55.9. The molecule has 4 aromatic rings. The molecule has 5 nitrogen and oxygen atoms in total. The Labute approximate surface area is 210 Å². The number of halogens is 5. The SMILES string of the molecule is C=C(NC(CC)c1ccccc1)c1ccn(-c2nc(Nc3ccc(F)cc3Cl)ncc2C(F)(F)F)c1. The van der Waals surface area contributed by atoms with Crippen molar-refractivity contribution >= 4 is 28.9 Å². The summed E-state index contributed by atoms with van der Waals surface area (Å²) >= 11 is 6.02. The van der Waals surface area contributed by atoms with Crippen molar-refractivity contribution in [2.75, 3.05) is 5.32 Å². The zero-order valence-corrected chi connectivity index (χ0v) is 19.9. The van der Waals surface area contributed by atoms with Crippen molar-refractivity contribution in [1.29, 1.82) is 0 Å². The van der Waals surface area contributed by atoms with Crippen molar-refractivity contribution < 1.29 is 17.6 Å². The second kappa shape index (κ2) is 10.4. The van der Waals surface area contributed by atoms with Crippen molar-refractivity contribution in [2.45, 2.75) is 25.6 Å². The van der Waals surface area contributed by atoms with E-state index in [1.54, 1.807) is 6.07 Å². The van der Waals surface area contributed by atoms with Crippen LogP contribution in [0.25, 0.3) is 11.5 Å². The molecule has 0 aliphatic rings. The molecule has 0 aliphatic carbocycles. The summed E-state index contributed by atoms with van der Waals surface area (Å²) in [6, 6.07) is 15.0. The van der Waals surface area contributed by atoms with Crippen molar-refractivity contribution in [3.05, 3.63) is 107 Å². The Hall–Kier alpha value is -3.85. The summed E-state index contributed by atoms with van der Waals surface area (Å²) in [5, 5.41) is 6.12. The van der Waals surface area contributed by atoms with Gasteiger partial charge in [0.2, 0.25) is 5.95 Å². The van der Waals surface area contributed by atoms with Crippen molar-refractivity contribution in [3.63, 3.8) is 0 Å². The van der Waals surface area contributed by atoms with Gasteiger partial charge in [0.1, 0.15) is 11.4 Å². The molecule has 2 aromatic heterocycles. The molecule has 186 valence electrons. The second-order valence-corrected chi connectivity index (χ2v) is 8.39. The normalized spacial score (nSPS) is 12.3. The molecule has 0 radical (unpaired) electrons. The number of benzene rings is 2. The van der Waals surface area contributed by atoms with Crippen LogP contribution >= 0.6 is 11.6 Å². The van der Waals surface area contributed by atoms with Crippen LogP contribution in [-0.2, 0) is 6.18 Å². The number of aromatic nitrogens is 3. The van der Waals surface area contributed by atoms with E-state index >= 15 is 0 Å². The number of nitrogens with one attached hydrogen (secondary N) is 2. The van der Waals surface area contributed by atoms with Crippen LogP contribution in [0, 0.1) is 5.82 Å². The number of hydrogen-bond acceptors (Lipinski definition) is 4. The number of nitrogens with zero attached hydrogens (tertiary/aromatic N) is 3. The molecule has 1 atom stereocenters. The quantitative estimate of drug-likeness (QED) is 0.238. The first-order valence-corrected chi connectivity index (χ1v) is 11.4. The third-order valence-electron chi connectivity index (χ3n) is 5.50. The first kappa shape index (κ1) is 25.2. The van der Waals surface area contributed by atoms with Crippen LogP contribution in [0.15, 0.2) is 79.8 Å². The van der Waals surface area contributed by atoms with Gasteiger partial charge in [0.15, 0.2) is 5.82 Å². The Morgan fingerprint density at radius 1 is 1.14 bits per heavy atom. The van der Waals surface area contributed by atoms with E-state index in [4.69, 9.17) is 11.6 Å². The number of hydrogen-bond donors (Lipinski definition) is 2. The van der Waals surface area contributed by atoms with Crippen LogP contribution in [0.5, 0.6) is 0 Å². The maximum Gasteiger partial charge on any atom is 0.421 e. The fraction of sp³-hybridized carbons (Fsp3) is 0.154. The molecule has 0 bridgehead atoms. The molecular weight excluding hydrogens is 494 g/mol. The average Bonchev–Trinajstić information content (AvgIpc) is 3.34. The van der Waals surface area contributed by atoms with Crippen LogP contribution in [0.1, 0.15) is 36.1 Å². The van der Waals surface area contributed by atoms with Gasteiger partial charge in [-0.2, -0.15) is 18.2 Å². The molecule has 0 saturated carbocycles. The summed E-state index contributed by atoms with van der Waals surface area (Å²) in [7, 11) is 0. The first-order valence-electron chi connectivity index (χ1n) is 11.0. The van der Waals surface area contributed by atoms with E-state index in [0.29, 0.717) is 17.5 Å². The van der Waals surface area contributed by atoms with E-state index in [0.717, 1.165) is 24.1 Å². The third kappa shape index (κ3) is 5.68. The Morgan fingerprint density at radius 2 is 1.89 bits per heavy atom. The Balaban J connectivity index is 1.63. The van der Waals surface area contributed by atoms with Crippen molar-refractivity contribution in [1.82, 2.24) is 19.9 Å². The van der Waals surface area contributed by atoms with Crippen LogP contribution in [0.3, 0.4) is 0 Å². The van der Waals surface area contributed by atoms with Gasteiger partial charge in [-0.15, -0.1) is 0 Å². The molecule has 36 heavy (non-hydrogen) atoms. The molecule has 0 amide bonds. The van der Waals surface area contributed by atoms with Crippen LogP contribution in [-0.4, -0.2) is 14.5 Å². The topological polar surface area (TPSA) is 54.8 Å². The monoisotopic (exact) mass is 515 g/mol. The predicted octanol–water partition coefficient (Wildman–Crippen LogP) is 7.53. The minimum Gasteiger partial charge on any atom is -0.378 e. The van der Waals surface area contributed by atoms with Gasteiger partial charge >= 0.3 is 6.18 Å². The summed E-state index contributed by atoms with van der Waals surface area (Å²) in [4.78, 5) is 7.86. The van der Waals surface area contributed by atoms with Crippen molar-refractivity contribution in [2.24, 2.45) is 0 Å². The fourth-order valence-corrected chi connectivity index (χ4v) is 3.86. The average molecular weight is 516 g/mol. The zero-order chi connectivity index (χ0) is 25.9. The highest BCUT2D eigenvalue weighted by Gasteiger charge is 2.36. The highest BCUT2D eigenvalue weighted by Crippen LogP contribution is 2.34. The highest BCUT2D eigenvalue weighted by atomic mass is 35.5. The Kier molecular flexibility index (Phi) is 7.30. The molecule has 0 spiro atoms. The molecule has 2 aromatic carbocycles. The van der Waals surface area contributed by atoms with Gasteiger partial charge < -0.3 is 15.2 Å². The summed E-state index contributed by atoms with van der Waals surface area (Å²) in [5.74, 6) is -1.06. The Bertz CT molecular complexity index is 1370. The zero-order valence-electron chi connectivity index (χ0n) is 19.2. The molecular formula is C26H22ClF4N5. The van der Waals surface area contributed by atoms with E-state index in [-0.39, 0.29) is 28.5 Å². The molecule has 2 heterocycles. The first-order chi connectivity index (χ1) is 17.2. The van der Waals surface area contributed by atoms with Gasteiger partial charge in [-0.25, -0.2) is 9.37 Å². The molecule has 0 saturated heterocycles. The van der Waals surface area contributed by atoms with Gasteiger partial charge in [-0.1, -0.05) is 55.4 Å². The lowest BCUT2D eigenvalue weighted by molar-refractivity contribution is -0.137. The molecule has 4 rings (SSSR count). The van der Waals surface area contributed by atoms with Gasteiger partial charge in [0.05, 0.1) is 16.8 Å². The molecule has 10 heteroatoms. The van der Waals surface area contributed by atoms with Crippen LogP contribution < -0.4 is 10.6 Å². The van der Waals surface area contributed by atoms with Crippen molar-refractivity contribution in [3.8, 4) is 5.82 Å². The lowest BCUT2D eigenvalue weighted by Gasteiger charge is -2.20. The fourth-order valence-electron chi connectivity index (χ4n) is 3.65. The van der Waals surface area contributed by atoms with E-state index in [9.17, 15) is 17.6 Å². The molecule has 1 unspecified atom stereocenters. The van der Waals surface area contributed by atoms with E-state index < -0.39 is 17.6 Å². The molecule has 0 aliphatic heterocycles. The molecule has 0 fully saturated rings. The van der Waals surface area contributed by atoms with Gasteiger partial charge in [0.25, 0.3) is 0 Å². The highest BCUT2D eigenvalue weighted by molar-refractivity contribution is 6.33. The van der Waals surface area contributed by atoms with E-state index in [1.807, 2.05) is 37.3 Å². The second-order valence-electron chi connectivity index (χ2n) is 7.98. The minimum absolute atomic E-state index is 0.0110. The molecule has 2 N–H and O–H groups in total. The number of anilines is 2. The Morgan fingerprint density at radius 3 is 2.56 bits per heavy atom. The smallest absolute Gasteiger partial charge is 0.378 e.